The zero-order chi connectivity index (χ0) is 16.1. The molecule has 2 aromatic rings. The topological polar surface area (TPSA) is 71.1 Å². The van der Waals surface area contributed by atoms with E-state index in [2.05, 4.69) is 15.6 Å². The molecule has 0 bridgehead atoms. The molecule has 1 heterocycles. The molecule has 1 aromatic heterocycles. The van der Waals surface area contributed by atoms with Crippen molar-refractivity contribution in [3.63, 3.8) is 0 Å². The molecule has 0 aliphatic rings. The van der Waals surface area contributed by atoms with Gasteiger partial charge in [-0.1, -0.05) is 17.7 Å². The van der Waals surface area contributed by atoms with Crippen LogP contribution in [0.2, 0.25) is 5.02 Å². The highest BCUT2D eigenvalue weighted by Gasteiger charge is 2.12. The maximum absolute atomic E-state index is 12.2. The van der Waals surface area contributed by atoms with Crippen LogP contribution in [0.4, 0.5) is 5.69 Å². The largest absolute Gasteiger partial charge is 0.350 e. The van der Waals surface area contributed by atoms with Gasteiger partial charge in [-0.3, -0.25) is 14.6 Å². The van der Waals surface area contributed by atoms with E-state index < -0.39 is 5.91 Å². The Hall–Kier alpha value is -2.40. The molecule has 0 spiro atoms. The average Bonchev–Trinajstić information content (AvgIpc) is 2.46. The van der Waals surface area contributed by atoms with Crippen LogP contribution in [0.5, 0.6) is 0 Å². The van der Waals surface area contributed by atoms with E-state index in [9.17, 15) is 9.59 Å². The lowest BCUT2D eigenvalue weighted by Crippen LogP contribution is -2.30. The van der Waals surface area contributed by atoms with E-state index in [1.54, 1.807) is 30.3 Å². The molecule has 2 amide bonds. The second-order valence-electron chi connectivity index (χ2n) is 5.02. The van der Waals surface area contributed by atoms with Gasteiger partial charge in [0.1, 0.15) is 5.69 Å². The van der Waals surface area contributed by atoms with Gasteiger partial charge in [-0.05, 0) is 44.2 Å². The number of nitrogens with zero attached hydrogens (tertiary/aromatic N) is 1. The Bertz CT molecular complexity index is 701. The first-order chi connectivity index (χ1) is 10.5. The Kier molecular flexibility index (Phi) is 5.12. The Labute approximate surface area is 133 Å². The number of carbonyl (C=O) groups excluding carboxylic acids is 2. The summed E-state index contributed by atoms with van der Waals surface area (Å²) in [7, 11) is 0. The molecule has 0 radical (unpaired) electrons. The van der Waals surface area contributed by atoms with Crippen molar-refractivity contribution in [3.05, 3.63) is 58.9 Å². The number of benzene rings is 1. The molecule has 0 unspecified atom stereocenters. The lowest BCUT2D eigenvalue weighted by molar-refractivity contribution is 0.0943. The SMILES string of the molecule is CC(C)NC(=O)c1ccnc(C(=O)Nc2cccc(Cl)c2)c1. The Morgan fingerprint density at radius 3 is 2.59 bits per heavy atom. The fourth-order valence-corrected chi connectivity index (χ4v) is 1.99. The van der Waals surface area contributed by atoms with E-state index in [-0.39, 0.29) is 17.6 Å². The van der Waals surface area contributed by atoms with Gasteiger partial charge >= 0.3 is 0 Å². The minimum absolute atomic E-state index is 0.0180. The van der Waals surface area contributed by atoms with Crippen molar-refractivity contribution in [2.45, 2.75) is 19.9 Å². The van der Waals surface area contributed by atoms with Crippen molar-refractivity contribution in [1.82, 2.24) is 10.3 Å². The molecule has 0 aliphatic heterocycles. The summed E-state index contributed by atoms with van der Waals surface area (Å²) in [5.41, 5.74) is 1.12. The summed E-state index contributed by atoms with van der Waals surface area (Å²) in [6.45, 7) is 3.73. The van der Waals surface area contributed by atoms with Gasteiger partial charge in [0, 0.05) is 28.5 Å². The summed E-state index contributed by atoms with van der Waals surface area (Å²) in [6, 6.07) is 9.84. The van der Waals surface area contributed by atoms with Gasteiger partial charge < -0.3 is 10.6 Å². The van der Waals surface area contributed by atoms with Crippen LogP contribution in [-0.2, 0) is 0 Å². The number of rotatable bonds is 4. The monoisotopic (exact) mass is 317 g/mol. The Morgan fingerprint density at radius 1 is 1.14 bits per heavy atom. The summed E-state index contributed by atoms with van der Waals surface area (Å²) in [5, 5.41) is 5.98. The van der Waals surface area contributed by atoms with Crippen LogP contribution < -0.4 is 10.6 Å². The van der Waals surface area contributed by atoms with Gasteiger partial charge in [-0.15, -0.1) is 0 Å². The van der Waals surface area contributed by atoms with Crippen molar-refractivity contribution >= 4 is 29.1 Å². The molecule has 5 nitrogen and oxygen atoms in total. The molecule has 6 heteroatoms. The normalized spacial score (nSPS) is 10.4. The van der Waals surface area contributed by atoms with Crippen molar-refractivity contribution in [2.75, 3.05) is 5.32 Å². The number of anilines is 1. The first-order valence-electron chi connectivity index (χ1n) is 6.79. The van der Waals surface area contributed by atoms with Crippen LogP contribution in [0.25, 0.3) is 0 Å². The van der Waals surface area contributed by atoms with Crippen LogP contribution in [-0.4, -0.2) is 22.8 Å². The quantitative estimate of drug-likeness (QED) is 0.910. The third-order valence-corrected chi connectivity index (χ3v) is 2.99. The van der Waals surface area contributed by atoms with Crippen molar-refractivity contribution in [1.29, 1.82) is 0 Å². The second-order valence-corrected chi connectivity index (χ2v) is 5.46. The van der Waals surface area contributed by atoms with E-state index >= 15 is 0 Å². The molecule has 1 aromatic carbocycles. The Morgan fingerprint density at radius 2 is 1.91 bits per heavy atom. The van der Waals surface area contributed by atoms with Crippen molar-refractivity contribution < 1.29 is 9.59 Å². The number of halogens is 1. The van der Waals surface area contributed by atoms with Crippen LogP contribution in [0.3, 0.4) is 0 Å². The number of hydrogen-bond acceptors (Lipinski definition) is 3. The second kappa shape index (κ2) is 7.04. The van der Waals surface area contributed by atoms with E-state index in [0.717, 1.165) is 0 Å². The molecule has 2 N–H and O–H groups in total. The third kappa shape index (κ3) is 4.30. The molecule has 114 valence electrons. The van der Waals surface area contributed by atoms with Gasteiger partial charge in [-0.25, -0.2) is 0 Å². The number of aromatic nitrogens is 1. The molecule has 0 saturated heterocycles. The molecule has 0 saturated carbocycles. The first-order valence-corrected chi connectivity index (χ1v) is 7.17. The highest BCUT2D eigenvalue weighted by Crippen LogP contribution is 2.15. The van der Waals surface area contributed by atoms with Crippen LogP contribution in [0, 0.1) is 0 Å². The Balaban J connectivity index is 2.15. The molecule has 0 aliphatic carbocycles. The number of hydrogen-bond donors (Lipinski definition) is 2. The fraction of sp³-hybridized carbons (Fsp3) is 0.188. The van der Waals surface area contributed by atoms with Gasteiger partial charge in [0.2, 0.25) is 0 Å². The summed E-state index contributed by atoms with van der Waals surface area (Å²) >= 11 is 5.87. The summed E-state index contributed by atoms with van der Waals surface area (Å²) in [5.74, 6) is -0.643. The van der Waals surface area contributed by atoms with Crippen LogP contribution >= 0.6 is 11.6 Å². The molecular formula is C16H16ClN3O2. The van der Waals surface area contributed by atoms with Gasteiger partial charge in [0.05, 0.1) is 0 Å². The number of nitrogens with one attached hydrogen (secondary N) is 2. The zero-order valence-corrected chi connectivity index (χ0v) is 13.0. The van der Waals surface area contributed by atoms with Crippen molar-refractivity contribution in [3.8, 4) is 0 Å². The third-order valence-electron chi connectivity index (χ3n) is 2.76. The van der Waals surface area contributed by atoms with Gasteiger partial charge in [0.15, 0.2) is 0 Å². The zero-order valence-electron chi connectivity index (χ0n) is 12.3. The lowest BCUT2D eigenvalue weighted by atomic mass is 10.2. The molecule has 0 atom stereocenters. The number of pyridine rings is 1. The molecule has 0 fully saturated rings. The molecule has 22 heavy (non-hydrogen) atoms. The van der Waals surface area contributed by atoms with E-state index in [1.165, 1.54) is 12.3 Å². The number of carbonyl (C=O) groups is 2. The highest BCUT2D eigenvalue weighted by atomic mass is 35.5. The van der Waals surface area contributed by atoms with E-state index in [0.29, 0.717) is 16.3 Å². The lowest BCUT2D eigenvalue weighted by Gasteiger charge is -2.09. The van der Waals surface area contributed by atoms with Gasteiger partial charge in [0.25, 0.3) is 11.8 Å². The average molecular weight is 318 g/mol. The first kappa shape index (κ1) is 16.0. The predicted molar refractivity (Wildman–Crippen MR) is 86.2 cm³/mol. The maximum atomic E-state index is 12.2. The minimum Gasteiger partial charge on any atom is -0.350 e. The molecule has 2 rings (SSSR count). The number of amides is 2. The van der Waals surface area contributed by atoms with Gasteiger partial charge in [-0.2, -0.15) is 0 Å². The molecular weight excluding hydrogens is 302 g/mol. The minimum atomic E-state index is -0.401. The predicted octanol–water partition coefficient (Wildman–Crippen LogP) is 3.13. The summed E-state index contributed by atoms with van der Waals surface area (Å²) in [6.07, 6.45) is 1.43. The summed E-state index contributed by atoms with van der Waals surface area (Å²) < 4.78 is 0. The van der Waals surface area contributed by atoms with Crippen molar-refractivity contribution in [2.24, 2.45) is 0 Å². The maximum Gasteiger partial charge on any atom is 0.274 e. The van der Waals surface area contributed by atoms with E-state index in [4.69, 9.17) is 11.6 Å². The highest BCUT2D eigenvalue weighted by molar-refractivity contribution is 6.30. The van der Waals surface area contributed by atoms with Crippen LogP contribution in [0.1, 0.15) is 34.7 Å². The smallest absolute Gasteiger partial charge is 0.274 e. The van der Waals surface area contributed by atoms with E-state index in [1.807, 2.05) is 13.8 Å². The fourth-order valence-electron chi connectivity index (χ4n) is 1.80. The standard InChI is InChI=1S/C16H16ClN3O2/c1-10(2)19-15(21)11-6-7-18-14(8-11)16(22)20-13-5-3-4-12(17)9-13/h3-10H,1-2H3,(H,19,21)(H,20,22). The summed E-state index contributed by atoms with van der Waals surface area (Å²) in [4.78, 5) is 28.1. The van der Waals surface area contributed by atoms with Crippen LogP contribution in [0.15, 0.2) is 42.6 Å².